The van der Waals surface area contributed by atoms with E-state index < -0.39 is 5.97 Å². The van der Waals surface area contributed by atoms with Crippen molar-refractivity contribution in [3.05, 3.63) is 17.8 Å². The third-order valence-corrected chi connectivity index (χ3v) is 3.28. The number of carbonyl (C=O) groups is 1. The maximum absolute atomic E-state index is 11.8. The van der Waals surface area contributed by atoms with E-state index in [0.717, 1.165) is 32.6 Å². The molecule has 6 nitrogen and oxygen atoms in total. The van der Waals surface area contributed by atoms with Crippen molar-refractivity contribution in [3.63, 3.8) is 0 Å². The highest BCUT2D eigenvalue weighted by Crippen LogP contribution is 2.16. The lowest BCUT2D eigenvalue weighted by molar-refractivity contribution is 0.0527. The van der Waals surface area contributed by atoms with E-state index in [1.165, 1.54) is 6.20 Å². The number of hydrogen-bond acceptors (Lipinski definition) is 6. The molecule has 0 aliphatic rings. The molecule has 6 heteroatoms. The molecule has 0 aliphatic carbocycles. The van der Waals surface area contributed by atoms with Gasteiger partial charge in [-0.25, -0.2) is 9.78 Å². The molecule has 0 saturated carbocycles. The highest BCUT2D eigenvalue weighted by molar-refractivity contribution is 5.95. The predicted molar refractivity (Wildman–Crippen MR) is 85.5 cm³/mol. The Hall–Kier alpha value is -1.82. The minimum atomic E-state index is -0.413. The highest BCUT2D eigenvalue weighted by atomic mass is 16.5. The summed E-state index contributed by atoms with van der Waals surface area (Å²) in [5, 5.41) is 3.21. The number of nitrogens with zero attached hydrogens (tertiary/aromatic N) is 2. The summed E-state index contributed by atoms with van der Waals surface area (Å²) in [4.78, 5) is 18.3. The topological polar surface area (TPSA) is 80.5 Å². The number of hydrogen-bond donors (Lipinski definition) is 2. The van der Waals surface area contributed by atoms with Crippen LogP contribution in [0.25, 0.3) is 0 Å². The van der Waals surface area contributed by atoms with Gasteiger partial charge in [0.05, 0.1) is 24.1 Å². The van der Waals surface area contributed by atoms with E-state index in [1.807, 2.05) is 0 Å². The minimum absolute atomic E-state index is 0.327. The van der Waals surface area contributed by atoms with Gasteiger partial charge in [-0.1, -0.05) is 13.8 Å². The molecule has 118 valence electrons. The molecule has 1 rings (SSSR count). The molecule has 1 aromatic heterocycles. The number of carbonyl (C=O) groups excluding carboxylic acids is 1. The molecule has 0 fully saturated rings. The molecule has 0 aromatic carbocycles. The summed E-state index contributed by atoms with van der Waals surface area (Å²) in [5.74, 6) is 0.232. The van der Waals surface area contributed by atoms with Gasteiger partial charge in [0.2, 0.25) is 0 Å². The third-order valence-electron chi connectivity index (χ3n) is 3.28. The number of ether oxygens (including phenoxy) is 1. The summed E-state index contributed by atoms with van der Waals surface area (Å²) in [5.41, 5.74) is 6.45. The summed E-state index contributed by atoms with van der Waals surface area (Å²) < 4.78 is 4.97. The summed E-state index contributed by atoms with van der Waals surface area (Å²) in [7, 11) is 0. The first-order valence-electron chi connectivity index (χ1n) is 7.51. The molecular formula is C15H26N4O2. The summed E-state index contributed by atoms with van der Waals surface area (Å²) >= 11 is 0. The Morgan fingerprint density at radius 1 is 1.38 bits per heavy atom. The fraction of sp³-hybridized carbons (Fsp3) is 0.600. The summed E-state index contributed by atoms with van der Waals surface area (Å²) in [6.07, 6.45) is 2.50. The lowest BCUT2D eigenvalue weighted by Crippen LogP contribution is -2.25. The van der Waals surface area contributed by atoms with Crippen LogP contribution in [-0.2, 0) is 4.74 Å². The standard InChI is InChI=1S/C15H26N4O2/c1-4-19(5-2)9-7-8-17-14-10-12(13(16)11-18-14)15(20)21-6-3/h10-11H,4-9,16H2,1-3H3,(H,17,18). The van der Waals surface area contributed by atoms with Gasteiger partial charge in [0.1, 0.15) is 5.82 Å². The lowest BCUT2D eigenvalue weighted by atomic mass is 10.2. The van der Waals surface area contributed by atoms with E-state index in [9.17, 15) is 4.79 Å². The maximum atomic E-state index is 11.8. The Balaban J connectivity index is 2.52. The number of nitrogen functional groups attached to an aromatic ring is 1. The zero-order valence-corrected chi connectivity index (χ0v) is 13.2. The maximum Gasteiger partial charge on any atom is 0.340 e. The lowest BCUT2D eigenvalue weighted by Gasteiger charge is -2.17. The number of anilines is 2. The third kappa shape index (κ3) is 5.59. The molecule has 21 heavy (non-hydrogen) atoms. The van der Waals surface area contributed by atoms with Crippen LogP contribution in [0.1, 0.15) is 37.6 Å². The minimum Gasteiger partial charge on any atom is -0.462 e. The van der Waals surface area contributed by atoms with Crippen molar-refractivity contribution >= 4 is 17.5 Å². The Morgan fingerprint density at radius 2 is 2.10 bits per heavy atom. The Morgan fingerprint density at radius 3 is 2.71 bits per heavy atom. The van der Waals surface area contributed by atoms with Crippen LogP contribution < -0.4 is 11.1 Å². The van der Waals surface area contributed by atoms with Gasteiger partial charge in [-0.05, 0) is 39.0 Å². The Kier molecular flexibility index (Phi) is 7.53. The molecule has 0 bridgehead atoms. The first-order valence-corrected chi connectivity index (χ1v) is 7.51. The van der Waals surface area contributed by atoms with Gasteiger partial charge in [0.25, 0.3) is 0 Å². The fourth-order valence-corrected chi connectivity index (χ4v) is 2.01. The largest absolute Gasteiger partial charge is 0.462 e. The molecule has 0 unspecified atom stereocenters. The van der Waals surface area contributed by atoms with Crippen molar-refractivity contribution in [2.75, 3.05) is 43.8 Å². The number of esters is 1. The van der Waals surface area contributed by atoms with Crippen LogP contribution in [0.4, 0.5) is 11.5 Å². The van der Waals surface area contributed by atoms with E-state index in [2.05, 4.69) is 29.0 Å². The molecule has 0 spiro atoms. The monoisotopic (exact) mass is 294 g/mol. The van der Waals surface area contributed by atoms with E-state index >= 15 is 0 Å². The first kappa shape index (κ1) is 17.2. The van der Waals surface area contributed by atoms with E-state index in [4.69, 9.17) is 10.5 Å². The molecule has 1 aromatic rings. The van der Waals surface area contributed by atoms with Crippen molar-refractivity contribution in [1.29, 1.82) is 0 Å². The van der Waals surface area contributed by atoms with Gasteiger partial charge in [-0.3, -0.25) is 0 Å². The van der Waals surface area contributed by atoms with Gasteiger partial charge in [0, 0.05) is 6.54 Å². The van der Waals surface area contributed by atoms with Crippen LogP contribution in [0.15, 0.2) is 12.3 Å². The van der Waals surface area contributed by atoms with Crippen LogP contribution in [0.5, 0.6) is 0 Å². The second-order valence-corrected chi connectivity index (χ2v) is 4.68. The normalized spacial score (nSPS) is 10.7. The van der Waals surface area contributed by atoms with Gasteiger partial charge in [-0.2, -0.15) is 0 Å². The molecule has 0 aliphatic heterocycles. The van der Waals surface area contributed by atoms with Crippen LogP contribution in [0.3, 0.4) is 0 Å². The first-order chi connectivity index (χ1) is 10.1. The fourth-order valence-electron chi connectivity index (χ4n) is 2.01. The highest BCUT2D eigenvalue weighted by Gasteiger charge is 2.12. The zero-order chi connectivity index (χ0) is 15.7. The van der Waals surface area contributed by atoms with Gasteiger partial charge in [0.15, 0.2) is 0 Å². The van der Waals surface area contributed by atoms with E-state index in [0.29, 0.717) is 23.7 Å². The van der Waals surface area contributed by atoms with Crippen LogP contribution >= 0.6 is 0 Å². The van der Waals surface area contributed by atoms with Crippen LogP contribution in [0.2, 0.25) is 0 Å². The number of nitrogens with two attached hydrogens (primary N) is 1. The van der Waals surface area contributed by atoms with Crippen molar-refractivity contribution in [1.82, 2.24) is 9.88 Å². The van der Waals surface area contributed by atoms with Crippen molar-refractivity contribution in [2.45, 2.75) is 27.2 Å². The second-order valence-electron chi connectivity index (χ2n) is 4.68. The van der Waals surface area contributed by atoms with Gasteiger partial charge in [-0.15, -0.1) is 0 Å². The Bertz CT molecular complexity index is 447. The SMILES string of the molecule is CCOC(=O)c1cc(NCCCN(CC)CC)ncc1N. The molecule has 0 saturated heterocycles. The van der Waals surface area contributed by atoms with Gasteiger partial charge < -0.3 is 20.7 Å². The summed E-state index contributed by atoms with van der Waals surface area (Å²) in [6.45, 7) is 10.4. The van der Waals surface area contributed by atoms with E-state index in [1.54, 1.807) is 13.0 Å². The number of aromatic nitrogens is 1. The quantitative estimate of drug-likeness (QED) is 0.535. The number of nitrogens with one attached hydrogen (secondary N) is 1. The number of pyridine rings is 1. The average Bonchev–Trinajstić information content (AvgIpc) is 2.49. The molecule has 0 radical (unpaired) electrons. The van der Waals surface area contributed by atoms with Crippen LogP contribution in [0, 0.1) is 0 Å². The zero-order valence-electron chi connectivity index (χ0n) is 13.2. The van der Waals surface area contributed by atoms with Gasteiger partial charge >= 0.3 is 5.97 Å². The van der Waals surface area contributed by atoms with Crippen molar-refractivity contribution in [3.8, 4) is 0 Å². The smallest absolute Gasteiger partial charge is 0.340 e. The van der Waals surface area contributed by atoms with Crippen LogP contribution in [-0.4, -0.2) is 48.6 Å². The average molecular weight is 294 g/mol. The molecule has 3 N–H and O–H groups in total. The van der Waals surface area contributed by atoms with Crippen molar-refractivity contribution < 1.29 is 9.53 Å². The second kappa shape index (κ2) is 9.18. The molecular weight excluding hydrogens is 268 g/mol. The summed E-state index contributed by atoms with van der Waals surface area (Å²) in [6, 6.07) is 1.64. The molecule has 0 atom stereocenters. The number of rotatable bonds is 9. The van der Waals surface area contributed by atoms with E-state index in [-0.39, 0.29) is 0 Å². The molecule has 0 amide bonds. The Labute approximate surface area is 126 Å². The van der Waals surface area contributed by atoms with Crippen molar-refractivity contribution in [2.24, 2.45) is 0 Å². The molecule has 1 heterocycles. The predicted octanol–water partition coefficient (Wildman–Crippen LogP) is 1.98.